The Balaban J connectivity index is 3.00. The zero-order valence-electron chi connectivity index (χ0n) is 6.57. The van der Waals surface area contributed by atoms with E-state index in [1.807, 2.05) is 0 Å². The van der Waals surface area contributed by atoms with Gasteiger partial charge in [-0.1, -0.05) is 0 Å². The van der Waals surface area contributed by atoms with Crippen LogP contribution in [0, 0.1) is 0 Å². The molecule has 1 aromatic carbocycles. The molecule has 0 aliphatic rings. The van der Waals surface area contributed by atoms with Crippen LogP contribution in [-0.2, 0) is 0 Å². The summed E-state index contributed by atoms with van der Waals surface area (Å²) in [6.07, 6.45) is -0.907. The smallest absolute Gasteiger partial charge is 0.102 e. The third-order valence-electron chi connectivity index (χ3n) is 1.56. The molecule has 1 unspecified atom stereocenters. The maximum absolute atomic E-state index is 9.22. The average molecular weight is 168 g/mol. The molecule has 66 valence electrons. The van der Waals surface area contributed by atoms with Gasteiger partial charge in [0.05, 0.1) is 6.61 Å². The quantitative estimate of drug-likeness (QED) is 0.463. The second-order valence-corrected chi connectivity index (χ2v) is 2.63. The van der Waals surface area contributed by atoms with E-state index < -0.39 is 6.10 Å². The molecule has 0 radical (unpaired) electrons. The van der Waals surface area contributed by atoms with Crippen molar-refractivity contribution in [1.82, 2.24) is 0 Å². The fourth-order valence-electron chi connectivity index (χ4n) is 1.00. The fraction of sp³-hybridized carbons (Fsp3) is 0.250. The molecule has 12 heavy (non-hydrogen) atoms. The van der Waals surface area contributed by atoms with Gasteiger partial charge in [-0.3, -0.25) is 0 Å². The Morgan fingerprint density at radius 2 is 1.67 bits per heavy atom. The molecule has 0 bridgehead atoms. The molecule has 0 spiro atoms. The van der Waals surface area contributed by atoms with Gasteiger partial charge in [-0.15, -0.1) is 0 Å². The highest BCUT2D eigenvalue weighted by Gasteiger charge is 2.06. The Hall–Kier alpha value is -1.26. The zero-order valence-corrected chi connectivity index (χ0v) is 6.57. The standard InChI is InChI=1S/C8H12N2O2/c9-6-1-5(8(12)4-11)2-7(10)3-6/h1-3,8,11-12H,4,9-10H2. The van der Waals surface area contributed by atoms with Gasteiger partial charge >= 0.3 is 0 Å². The van der Waals surface area contributed by atoms with Crippen molar-refractivity contribution in [2.24, 2.45) is 0 Å². The minimum atomic E-state index is -0.907. The van der Waals surface area contributed by atoms with Gasteiger partial charge < -0.3 is 21.7 Å². The first kappa shape index (κ1) is 8.83. The maximum atomic E-state index is 9.22. The van der Waals surface area contributed by atoms with Crippen LogP contribution < -0.4 is 11.5 Å². The second-order valence-electron chi connectivity index (χ2n) is 2.63. The molecule has 1 rings (SSSR count). The van der Waals surface area contributed by atoms with E-state index in [1.54, 1.807) is 18.2 Å². The van der Waals surface area contributed by atoms with E-state index in [0.717, 1.165) is 0 Å². The van der Waals surface area contributed by atoms with Crippen LogP contribution in [0.1, 0.15) is 11.7 Å². The van der Waals surface area contributed by atoms with Crippen molar-refractivity contribution in [2.45, 2.75) is 6.10 Å². The lowest BCUT2D eigenvalue weighted by molar-refractivity contribution is 0.0957. The van der Waals surface area contributed by atoms with E-state index >= 15 is 0 Å². The van der Waals surface area contributed by atoms with Crippen molar-refractivity contribution in [2.75, 3.05) is 18.1 Å². The Labute approximate surface area is 70.4 Å². The molecule has 4 nitrogen and oxygen atoms in total. The first-order chi connectivity index (χ1) is 5.63. The molecule has 0 aromatic heterocycles. The van der Waals surface area contributed by atoms with Crippen molar-refractivity contribution in [3.8, 4) is 0 Å². The van der Waals surface area contributed by atoms with Crippen LogP contribution in [0.15, 0.2) is 18.2 Å². The summed E-state index contributed by atoms with van der Waals surface area (Å²) in [6, 6.07) is 4.75. The summed E-state index contributed by atoms with van der Waals surface area (Å²) in [5.41, 5.74) is 12.5. The summed E-state index contributed by atoms with van der Waals surface area (Å²) < 4.78 is 0. The molecule has 0 fully saturated rings. The van der Waals surface area contributed by atoms with Gasteiger partial charge in [0.2, 0.25) is 0 Å². The van der Waals surface area contributed by atoms with Gasteiger partial charge in [0.1, 0.15) is 6.10 Å². The summed E-state index contributed by atoms with van der Waals surface area (Å²) in [6.45, 7) is -0.330. The van der Waals surface area contributed by atoms with E-state index in [4.69, 9.17) is 16.6 Å². The van der Waals surface area contributed by atoms with Crippen LogP contribution >= 0.6 is 0 Å². The summed E-state index contributed by atoms with van der Waals surface area (Å²) in [7, 11) is 0. The molecular weight excluding hydrogens is 156 g/mol. The highest BCUT2D eigenvalue weighted by Crippen LogP contribution is 2.19. The summed E-state index contributed by atoms with van der Waals surface area (Å²) in [5.74, 6) is 0. The molecule has 4 heteroatoms. The number of hydrogen-bond donors (Lipinski definition) is 4. The SMILES string of the molecule is Nc1cc(N)cc(C(O)CO)c1. The highest BCUT2D eigenvalue weighted by molar-refractivity contribution is 5.54. The average Bonchev–Trinajstić information content (AvgIpc) is 2.01. The lowest BCUT2D eigenvalue weighted by atomic mass is 10.1. The number of hydrogen-bond acceptors (Lipinski definition) is 4. The number of rotatable bonds is 2. The number of nitrogens with two attached hydrogens (primary N) is 2. The Kier molecular flexibility index (Phi) is 2.52. The summed E-state index contributed by atoms with van der Waals surface area (Å²) in [4.78, 5) is 0. The van der Waals surface area contributed by atoms with Crippen LogP contribution in [0.25, 0.3) is 0 Å². The first-order valence-electron chi connectivity index (χ1n) is 3.58. The molecule has 6 N–H and O–H groups in total. The van der Waals surface area contributed by atoms with Crippen LogP contribution in [0.4, 0.5) is 11.4 Å². The minimum Gasteiger partial charge on any atom is -0.399 e. The molecule has 0 aliphatic carbocycles. The molecule has 0 amide bonds. The Morgan fingerprint density at radius 3 is 2.08 bits per heavy atom. The highest BCUT2D eigenvalue weighted by atomic mass is 16.3. The van der Waals surface area contributed by atoms with Crippen LogP contribution in [0.5, 0.6) is 0 Å². The van der Waals surface area contributed by atoms with Gasteiger partial charge in [-0.05, 0) is 23.8 Å². The van der Waals surface area contributed by atoms with Crippen LogP contribution in [0.3, 0.4) is 0 Å². The predicted molar refractivity (Wildman–Crippen MR) is 47.3 cm³/mol. The van der Waals surface area contributed by atoms with Crippen LogP contribution in [0.2, 0.25) is 0 Å². The van der Waals surface area contributed by atoms with E-state index in [2.05, 4.69) is 0 Å². The van der Waals surface area contributed by atoms with E-state index in [9.17, 15) is 5.11 Å². The minimum absolute atomic E-state index is 0.330. The Bertz CT molecular complexity index is 256. The molecule has 0 saturated carbocycles. The van der Waals surface area contributed by atoms with Crippen molar-refractivity contribution in [3.05, 3.63) is 23.8 Å². The predicted octanol–water partition coefficient (Wildman–Crippen LogP) is -0.123. The molecule has 1 atom stereocenters. The van der Waals surface area contributed by atoms with Crippen molar-refractivity contribution >= 4 is 11.4 Å². The van der Waals surface area contributed by atoms with E-state index in [-0.39, 0.29) is 6.61 Å². The number of nitrogen functional groups attached to an aromatic ring is 2. The lowest BCUT2D eigenvalue weighted by Crippen LogP contribution is -2.04. The molecule has 0 saturated heterocycles. The van der Waals surface area contributed by atoms with Gasteiger partial charge in [-0.25, -0.2) is 0 Å². The van der Waals surface area contributed by atoms with Gasteiger partial charge in [0, 0.05) is 11.4 Å². The molecule has 0 aliphatic heterocycles. The Morgan fingerprint density at radius 1 is 1.17 bits per heavy atom. The number of benzene rings is 1. The first-order valence-corrected chi connectivity index (χ1v) is 3.58. The molecule has 0 heterocycles. The van der Waals surface area contributed by atoms with Gasteiger partial charge in [0.25, 0.3) is 0 Å². The van der Waals surface area contributed by atoms with Crippen LogP contribution in [-0.4, -0.2) is 16.8 Å². The fourth-order valence-corrected chi connectivity index (χ4v) is 1.00. The molecular formula is C8H12N2O2. The second kappa shape index (κ2) is 3.42. The number of aliphatic hydroxyl groups is 2. The van der Waals surface area contributed by atoms with Crippen molar-refractivity contribution in [3.63, 3.8) is 0 Å². The van der Waals surface area contributed by atoms with E-state index in [1.165, 1.54) is 0 Å². The maximum Gasteiger partial charge on any atom is 0.102 e. The summed E-state index contributed by atoms with van der Waals surface area (Å²) in [5, 5.41) is 17.9. The number of aliphatic hydroxyl groups excluding tert-OH is 2. The lowest BCUT2D eigenvalue weighted by Gasteiger charge is -2.08. The van der Waals surface area contributed by atoms with Crippen molar-refractivity contribution < 1.29 is 10.2 Å². The van der Waals surface area contributed by atoms with E-state index in [0.29, 0.717) is 16.9 Å². The summed E-state index contributed by atoms with van der Waals surface area (Å²) >= 11 is 0. The largest absolute Gasteiger partial charge is 0.399 e. The molecule has 1 aromatic rings. The van der Waals surface area contributed by atoms with Gasteiger partial charge in [-0.2, -0.15) is 0 Å². The van der Waals surface area contributed by atoms with Gasteiger partial charge in [0.15, 0.2) is 0 Å². The topological polar surface area (TPSA) is 92.5 Å². The third-order valence-corrected chi connectivity index (χ3v) is 1.56. The zero-order chi connectivity index (χ0) is 9.14. The normalized spacial score (nSPS) is 12.8. The van der Waals surface area contributed by atoms with Crippen molar-refractivity contribution in [1.29, 1.82) is 0 Å². The monoisotopic (exact) mass is 168 g/mol. The third kappa shape index (κ3) is 1.87. The number of anilines is 2.